The normalized spacial score (nSPS) is 17.2. The van der Waals surface area contributed by atoms with Crippen molar-refractivity contribution in [1.82, 2.24) is 0 Å². The van der Waals surface area contributed by atoms with Crippen LogP contribution in [0.15, 0.2) is 35.7 Å². The van der Waals surface area contributed by atoms with Gasteiger partial charge in [0.15, 0.2) is 5.57 Å². The topological polar surface area (TPSA) is 82.4 Å². The number of nitrogens with one attached hydrogen (secondary N) is 1. The van der Waals surface area contributed by atoms with Crippen LogP contribution in [0.4, 0.5) is 10.7 Å². The molecule has 0 atom stereocenters. The molecule has 2 aromatic rings. The van der Waals surface area contributed by atoms with E-state index in [1.165, 1.54) is 28.2 Å². The Morgan fingerprint density at radius 1 is 1.32 bits per heavy atom. The van der Waals surface area contributed by atoms with Gasteiger partial charge >= 0.3 is 5.97 Å². The largest absolute Gasteiger partial charge is 0.465 e. The van der Waals surface area contributed by atoms with E-state index in [1.54, 1.807) is 6.07 Å². The Bertz CT molecular complexity index is 1060. The first-order valence-corrected chi connectivity index (χ1v) is 9.92. The first kappa shape index (κ1) is 18.3. The Morgan fingerprint density at radius 2 is 2.11 bits per heavy atom. The summed E-state index contributed by atoms with van der Waals surface area (Å²) in [7, 11) is 1.22. The molecule has 28 heavy (non-hydrogen) atoms. The van der Waals surface area contributed by atoms with Gasteiger partial charge in [0.05, 0.1) is 18.4 Å². The van der Waals surface area contributed by atoms with Crippen LogP contribution in [0.25, 0.3) is 0 Å². The summed E-state index contributed by atoms with van der Waals surface area (Å²) < 4.78 is 4.78. The van der Waals surface area contributed by atoms with Crippen molar-refractivity contribution in [3.63, 3.8) is 0 Å². The van der Waals surface area contributed by atoms with Gasteiger partial charge in [-0.25, -0.2) is 4.79 Å². The standard InChI is InChI=1S/C21H19N3O3S/c1-12-6-5-7-13(10-12)24-18(15(11-22)21(26)27-2)23-19-17(20(24)25)14-8-3-4-9-16(14)28-19/h5-7,10,23H,3-4,8-9H2,1-2H3/b18-15+. The minimum atomic E-state index is -0.778. The Morgan fingerprint density at radius 3 is 2.82 bits per heavy atom. The number of rotatable bonds is 2. The maximum atomic E-state index is 13.6. The van der Waals surface area contributed by atoms with Crippen LogP contribution in [-0.4, -0.2) is 19.0 Å². The molecule has 0 saturated heterocycles. The van der Waals surface area contributed by atoms with Crippen LogP contribution in [0.1, 0.15) is 39.2 Å². The molecule has 0 unspecified atom stereocenters. The van der Waals surface area contributed by atoms with E-state index in [1.807, 2.05) is 31.2 Å². The number of amides is 1. The molecule has 142 valence electrons. The Kier molecular flexibility index (Phi) is 4.65. The molecule has 0 fully saturated rings. The molecule has 0 spiro atoms. The number of carbonyl (C=O) groups excluding carboxylic acids is 2. The molecule has 2 aliphatic rings. The summed E-state index contributed by atoms with van der Waals surface area (Å²) in [6, 6.07) is 9.33. The van der Waals surface area contributed by atoms with Gasteiger partial charge in [0.1, 0.15) is 16.9 Å². The van der Waals surface area contributed by atoms with Gasteiger partial charge in [-0.3, -0.25) is 9.69 Å². The number of hydrogen-bond acceptors (Lipinski definition) is 6. The summed E-state index contributed by atoms with van der Waals surface area (Å²) >= 11 is 1.54. The van der Waals surface area contributed by atoms with Crippen molar-refractivity contribution in [2.75, 3.05) is 17.3 Å². The van der Waals surface area contributed by atoms with Crippen LogP contribution < -0.4 is 10.2 Å². The van der Waals surface area contributed by atoms with Crippen LogP contribution in [0, 0.1) is 18.3 Å². The van der Waals surface area contributed by atoms with Crippen LogP contribution in [0.5, 0.6) is 0 Å². The van der Waals surface area contributed by atoms with Crippen LogP contribution in [0.3, 0.4) is 0 Å². The smallest absolute Gasteiger partial charge is 0.352 e. The van der Waals surface area contributed by atoms with Gasteiger partial charge in [-0.05, 0) is 55.9 Å². The van der Waals surface area contributed by atoms with Gasteiger partial charge in [0.2, 0.25) is 0 Å². The number of hydrogen-bond donors (Lipinski definition) is 1. The highest BCUT2D eigenvalue weighted by molar-refractivity contribution is 7.16. The number of methoxy groups -OCH3 is 1. The SMILES string of the molecule is COC(=O)/C(C#N)=C1\Nc2sc3c(c2C(=O)N1c1cccc(C)c1)CCCC3. The highest BCUT2D eigenvalue weighted by atomic mass is 32.1. The monoisotopic (exact) mass is 393 g/mol. The van der Waals surface area contributed by atoms with E-state index in [0.29, 0.717) is 16.3 Å². The number of nitriles is 1. The van der Waals surface area contributed by atoms with E-state index >= 15 is 0 Å². The maximum Gasteiger partial charge on any atom is 0.352 e. The third kappa shape index (κ3) is 2.86. The molecular formula is C21H19N3O3S. The summed E-state index contributed by atoms with van der Waals surface area (Å²) in [6.45, 7) is 1.93. The van der Waals surface area contributed by atoms with Gasteiger partial charge in [-0.2, -0.15) is 5.26 Å². The number of aryl methyl sites for hydroxylation is 2. The molecule has 0 radical (unpaired) electrons. The number of esters is 1. The first-order valence-electron chi connectivity index (χ1n) is 9.10. The van der Waals surface area contributed by atoms with Gasteiger partial charge in [0.25, 0.3) is 5.91 Å². The molecule has 1 aromatic carbocycles. The molecule has 1 aliphatic heterocycles. The molecule has 1 amide bonds. The lowest BCUT2D eigenvalue weighted by Gasteiger charge is -2.31. The number of fused-ring (bicyclic) bond motifs is 3. The zero-order chi connectivity index (χ0) is 19.8. The van der Waals surface area contributed by atoms with Crippen LogP contribution >= 0.6 is 11.3 Å². The fourth-order valence-electron chi connectivity index (χ4n) is 3.74. The average Bonchev–Trinajstić information content (AvgIpc) is 3.07. The summed E-state index contributed by atoms with van der Waals surface area (Å²) in [6.07, 6.45) is 3.99. The second-order valence-electron chi connectivity index (χ2n) is 6.85. The van der Waals surface area contributed by atoms with Crippen molar-refractivity contribution < 1.29 is 14.3 Å². The minimum Gasteiger partial charge on any atom is -0.465 e. The van der Waals surface area contributed by atoms with E-state index in [0.717, 1.165) is 36.8 Å². The van der Waals surface area contributed by atoms with Crippen molar-refractivity contribution >= 4 is 33.9 Å². The fourth-order valence-corrected chi connectivity index (χ4v) is 5.02. The highest BCUT2D eigenvalue weighted by Crippen LogP contribution is 2.43. The lowest BCUT2D eigenvalue weighted by Crippen LogP contribution is -2.40. The molecule has 2 heterocycles. The Labute approximate surface area is 167 Å². The van der Waals surface area contributed by atoms with E-state index in [-0.39, 0.29) is 17.3 Å². The fraction of sp³-hybridized carbons (Fsp3) is 0.286. The summed E-state index contributed by atoms with van der Waals surface area (Å²) in [5.74, 6) is -0.846. The van der Waals surface area contributed by atoms with Gasteiger partial charge in [-0.1, -0.05) is 12.1 Å². The van der Waals surface area contributed by atoms with Crippen molar-refractivity contribution in [3.8, 4) is 6.07 Å². The lowest BCUT2D eigenvalue weighted by molar-refractivity contribution is -0.135. The zero-order valence-electron chi connectivity index (χ0n) is 15.7. The lowest BCUT2D eigenvalue weighted by atomic mass is 9.94. The van der Waals surface area contributed by atoms with Crippen molar-refractivity contribution in [3.05, 3.63) is 57.2 Å². The molecule has 4 rings (SSSR count). The molecule has 0 bridgehead atoms. The molecule has 1 N–H and O–H groups in total. The predicted octanol–water partition coefficient (Wildman–Crippen LogP) is 3.92. The summed E-state index contributed by atoms with van der Waals surface area (Å²) in [5.41, 5.74) is 3.10. The van der Waals surface area contributed by atoms with Gasteiger partial charge in [0, 0.05) is 4.88 Å². The average molecular weight is 393 g/mol. The number of ether oxygens (including phenoxy) is 1. The number of benzene rings is 1. The van der Waals surface area contributed by atoms with E-state index in [2.05, 4.69) is 5.32 Å². The number of thiophene rings is 1. The minimum absolute atomic E-state index is 0.149. The predicted molar refractivity (Wildman–Crippen MR) is 107 cm³/mol. The highest BCUT2D eigenvalue weighted by Gasteiger charge is 2.38. The Balaban J connectivity index is 1.96. The third-order valence-corrected chi connectivity index (χ3v) is 6.25. The third-order valence-electron chi connectivity index (χ3n) is 5.04. The second kappa shape index (κ2) is 7.13. The van der Waals surface area contributed by atoms with E-state index < -0.39 is 5.97 Å². The van der Waals surface area contributed by atoms with Gasteiger partial charge < -0.3 is 10.1 Å². The zero-order valence-corrected chi connectivity index (χ0v) is 16.5. The molecular weight excluding hydrogens is 374 g/mol. The van der Waals surface area contributed by atoms with Crippen molar-refractivity contribution in [1.29, 1.82) is 5.26 Å². The van der Waals surface area contributed by atoms with Crippen LogP contribution in [-0.2, 0) is 22.4 Å². The molecule has 1 aliphatic carbocycles. The molecule has 6 nitrogen and oxygen atoms in total. The number of nitrogens with zero attached hydrogens (tertiary/aromatic N) is 2. The van der Waals surface area contributed by atoms with Crippen molar-refractivity contribution in [2.24, 2.45) is 0 Å². The first-order chi connectivity index (χ1) is 13.5. The molecule has 1 aromatic heterocycles. The maximum absolute atomic E-state index is 13.6. The van der Waals surface area contributed by atoms with E-state index in [9.17, 15) is 14.9 Å². The molecule has 0 saturated carbocycles. The quantitative estimate of drug-likeness (QED) is 0.475. The molecule has 7 heteroatoms. The second-order valence-corrected chi connectivity index (χ2v) is 7.95. The Hall–Kier alpha value is -3.11. The summed E-state index contributed by atoms with van der Waals surface area (Å²) in [5, 5.41) is 13.5. The van der Waals surface area contributed by atoms with E-state index in [4.69, 9.17) is 4.74 Å². The van der Waals surface area contributed by atoms with Crippen molar-refractivity contribution in [2.45, 2.75) is 32.6 Å². The number of carbonyl (C=O) groups is 2. The van der Waals surface area contributed by atoms with Gasteiger partial charge in [-0.15, -0.1) is 11.3 Å². The number of anilines is 2. The summed E-state index contributed by atoms with van der Waals surface area (Å²) in [4.78, 5) is 28.5. The van der Waals surface area contributed by atoms with Crippen LogP contribution in [0.2, 0.25) is 0 Å².